The quantitative estimate of drug-likeness (QED) is 0.471. The molecule has 1 rings (SSSR count). The SMILES string of the molecule is CC(C)(C)OC(=O)N(C(=O)OC(C)(C)C)[C@@H]1C[C@H](N(C(=O)OC(C)(C)C)C(=O)OC(C)(C)C)[C@@H](O)C[C@H]1O. The number of aliphatic hydroxyl groups is 2. The summed E-state index contributed by atoms with van der Waals surface area (Å²) in [6, 6.07) is -2.64. The molecule has 0 aromatic rings. The van der Waals surface area contributed by atoms with Crippen LogP contribution in [0.4, 0.5) is 19.2 Å². The Labute approximate surface area is 225 Å². The van der Waals surface area contributed by atoms with Crippen molar-refractivity contribution in [2.45, 2.75) is 143 Å². The summed E-state index contributed by atoms with van der Waals surface area (Å²) in [4.78, 5) is 53.9. The van der Waals surface area contributed by atoms with Gasteiger partial charge in [0.1, 0.15) is 22.4 Å². The molecule has 0 saturated heterocycles. The molecule has 0 heterocycles. The van der Waals surface area contributed by atoms with E-state index in [0.29, 0.717) is 9.80 Å². The fourth-order valence-electron chi connectivity index (χ4n) is 3.61. The molecule has 4 amide bonds. The van der Waals surface area contributed by atoms with Crippen molar-refractivity contribution in [2.24, 2.45) is 0 Å². The highest BCUT2D eigenvalue weighted by Crippen LogP contribution is 2.32. The van der Waals surface area contributed by atoms with E-state index in [0.717, 1.165) is 0 Å². The molecular weight excluding hydrogens is 500 g/mol. The van der Waals surface area contributed by atoms with Gasteiger partial charge in [0.15, 0.2) is 0 Å². The first-order valence-electron chi connectivity index (χ1n) is 12.7. The van der Waals surface area contributed by atoms with Crippen molar-refractivity contribution in [2.75, 3.05) is 0 Å². The molecule has 4 atom stereocenters. The highest BCUT2D eigenvalue weighted by molar-refractivity contribution is 5.90. The molecular formula is C26H46N2O10. The number of aliphatic hydroxyl groups excluding tert-OH is 2. The van der Waals surface area contributed by atoms with Gasteiger partial charge in [0.05, 0.1) is 24.3 Å². The predicted molar refractivity (Wildman–Crippen MR) is 137 cm³/mol. The van der Waals surface area contributed by atoms with E-state index < -0.39 is 71.1 Å². The monoisotopic (exact) mass is 546 g/mol. The zero-order valence-electron chi connectivity index (χ0n) is 24.8. The molecule has 0 unspecified atom stereocenters. The van der Waals surface area contributed by atoms with Crippen LogP contribution < -0.4 is 0 Å². The smallest absolute Gasteiger partial charge is 0.420 e. The molecule has 1 fully saturated rings. The van der Waals surface area contributed by atoms with Gasteiger partial charge in [-0.25, -0.2) is 29.0 Å². The van der Waals surface area contributed by atoms with E-state index >= 15 is 0 Å². The lowest BCUT2D eigenvalue weighted by molar-refractivity contribution is -0.0800. The van der Waals surface area contributed by atoms with E-state index in [1.54, 1.807) is 83.1 Å². The lowest BCUT2D eigenvalue weighted by atomic mass is 9.84. The highest BCUT2D eigenvalue weighted by Gasteiger charge is 2.50. The maximum Gasteiger partial charge on any atom is 0.420 e. The fourth-order valence-corrected chi connectivity index (χ4v) is 3.61. The van der Waals surface area contributed by atoms with E-state index in [2.05, 4.69) is 0 Å². The lowest BCUT2D eigenvalue weighted by Crippen LogP contribution is -2.63. The first-order valence-corrected chi connectivity index (χ1v) is 12.7. The number of nitrogens with zero attached hydrogens (tertiary/aromatic N) is 2. The average Bonchev–Trinajstić information content (AvgIpc) is 2.59. The summed E-state index contributed by atoms with van der Waals surface area (Å²) < 4.78 is 21.6. The second-order valence-electron chi connectivity index (χ2n) is 13.4. The minimum Gasteiger partial charge on any atom is -0.443 e. The summed E-state index contributed by atoms with van der Waals surface area (Å²) in [5.74, 6) is 0. The first kappa shape index (κ1) is 33.4. The Hall–Kier alpha value is -2.60. The maximum atomic E-state index is 13.2. The second-order valence-corrected chi connectivity index (χ2v) is 13.4. The summed E-state index contributed by atoms with van der Waals surface area (Å²) in [6.07, 6.45) is -7.96. The zero-order valence-corrected chi connectivity index (χ0v) is 24.8. The van der Waals surface area contributed by atoms with Crippen LogP contribution in [-0.4, -0.2) is 91.1 Å². The number of imide groups is 2. The normalized spacial score (nSPS) is 22.7. The minimum atomic E-state index is -1.42. The Morgan fingerprint density at radius 1 is 0.500 bits per heavy atom. The molecule has 1 saturated carbocycles. The van der Waals surface area contributed by atoms with Crippen molar-refractivity contribution in [3.63, 3.8) is 0 Å². The van der Waals surface area contributed by atoms with Gasteiger partial charge in [-0.3, -0.25) is 0 Å². The van der Waals surface area contributed by atoms with Crippen molar-refractivity contribution < 1.29 is 48.3 Å². The number of carbonyl (C=O) groups excluding carboxylic acids is 4. The van der Waals surface area contributed by atoms with E-state index in [-0.39, 0.29) is 12.8 Å². The molecule has 0 aliphatic heterocycles. The number of ether oxygens (including phenoxy) is 4. The van der Waals surface area contributed by atoms with Crippen LogP contribution >= 0.6 is 0 Å². The Morgan fingerprint density at radius 2 is 0.711 bits per heavy atom. The standard InChI is InChI=1S/C26H46N2O10/c1-23(2,3)35-19(31)27(20(32)36-24(4,5)6)15-13-16(18(30)14-17(15)29)28(21(33)37-25(7,8)9)22(34)38-26(10,11)12/h15-18,29-30H,13-14H2,1-12H3/t15-,16+,17-,18+. The van der Waals surface area contributed by atoms with Gasteiger partial charge >= 0.3 is 24.4 Å². The summed E-state index contributed by atoms with van der Waals surface area (Å²) in [7, 11) is 0. The van der Waals surface area contributed by atoms with Gasteiger partial charge < -0.3 is 29.2 Å². The Bertz CT molecular complexity index is 750. The van der Waals surface area contributed by atoms with E-state index in [1.807, 2.05) is 0 Å². The number of amides is 4. The van der Waals surface area contributed by atoms with Gasteiger partial charge in [0.2, 0.25) is 0 Å². The zero-order chi connectivity index (χ0) is 30.0. The molecule has 220 valence electrons. The third kappa shape index (κ3) is 10.6. The highest BCUT2D eigenvalue weighted by atomic mass is 16.6. The second kappa shape index (κ2) is 11.6. The number of rotatable bonds is 2. The molecule has 1 aliphatic rings. The maximum absolute atomic E-state index is 13.2. The molecule has 38 heavy (non-hydrogen) atoms. The van der Waals surface area contributed by atoms with Crippen LogP contribution in [-0.2, 0) is 18.9 Å². The van der Waals surface area contributed by atoms with Gasteiger partial charge in [-0.05, 0) is 89.5 Å². The Balaban J connectivity index is 3.55. The van der Waals surface area contributed by atoms with Crippen LogP contribution in [0.5, 0.6) is 0 Å². The molecule has 0 aromatic carbocycles. The van der Waals surface area contributed by atoms with Gasteiger partial charge in [-0.2, -0.15) is 0 Å². The summed E-state index contributed by atoms with van der Waals surface area (Å²) in [5, 5.41) is 21.8. The molecule has 0 radical (unpaired) electrons. The fraction of sp³-hybridized carbons (Fsp3) is 0.846. The van der Waals surface area contributed by atoms with Gasteiger partial charge in [0.25, 0.3) is 0 Å². The molecule has 0 aromatic heterocycles. The van der Waals surface area contributed by atoms with Crippen LogP contribution in [0.15, 0.2) is 0 Å². The molecule has 0 spiro atoms. The lowest BCUT2D eigenvalue weighted by Gasteiger charge is -2.44. The number of carbonyl (C=O) groups is 4. The predicted octanol–water partition coefficient (Wildman–Crippen LogP) is 4.58. The average molecular weight is 547 g/mol. The van der Waals surface area contributed by atoms with E-state index in [4.69, 9.17) is 18.9 Å². The van der Waals surface area contributed by atoms with Crippen molar-refractivity contribution in [1.29, 1.82) is 0 Å². The van der Waals surface area contributed by atoms with Crippen molar-refractivity contribution >= 4 is 24.4 Å². The van der Waals surface area contributed by atoms with E-state index in [9.17, 15) is 29.4 Å². The number of hydrogen-bond acceptors (Lipinski definition) is 10. The minimum absolute atomic E-state index is 0.375. The molecule has 12 heteroatoms. The van der Waals surface area contributed by atoms with Crippen molar-refractivity contribution in [1.82, 2.24) is 9.80 Å². The van der Waals surface area contributed by atoms with Crippen molar-refractivity contribution in [3.05, 3.63) is 0 Å². The molecule has 1 aliphatic carbocycles. The largest absolute Gasteiger partial charge is 0.443 e. The Kier molecular flexibility index (Phi) is 10.2. The summed E-state index contributed by atoms with van der Waals surface area (Å²) in [6.45, 7) is 19.3. The Morgan fingerprint density at radius 3 is 0.895 bits per heavy atom. The van der Waals surface area contributed by atoms with Crippen molar-refractivity contribution in [3.8, 4) is 0 Å². The molecule has 2 N–H and O–H groups in total. The third-order valence-electron chi connectivity index (χ3n) is 4.88. The van der Waals surface area contributed by atoms with Gasteiger partial charge in [0, 0.05) is 6.42 Å². The van der Waals surface area contributed by atoms with E-state index in [1.165, 1.54) is 0 Å². The number of hydrogen-bond donors (Lipinski definition) is 2. The topological polar surface area (TPSA) is 152 Å². The van der Waals surface area contributed by atoms with Crippen LogP contribution in [0.25, 0.3) is 0 Å². The third-order valence-corrected chi connectivity index (χ3v) is 4.88. The summed E-state index contributed by atoms with van der Waals surface area (Å²) in [5.41, 5.74) is -3.96. The van der Waals surface area contributed by atoms with Crippen LogP contribution in [0, 0.1) is 0 Å². The first-order chi connectivity index (χ1) is 16.8. The molecule has 0 bridgehead atoms. The van der Waals surface area contributed by atoms with Crippen LogP contribution in [0.2, 0.25) is 0 Å². The van der Waals surface area contributed by atoms with Crippen LogP contribution in [0.3, 0.4) is 0 Å². The van der Waals surface area contributed by atoms with Crippen LogP contribution in [0.1, 0.15) is 95.9 Å². The van der Waals surface area contributed by atoms with Gasteiger partial charge in [-0.1, -0.05) is 0 Å². The molecule has 12 nitrogen and oxygen atoms in total. The summed E-state index contributed by atoms with van der Waals surface area (Å²) >= 11 is 0. The van der Waals surface area contributed by atoms with Gasteiger partial charge in [-0.15, -0.1) is 0 Å².